The lowest BCUT2D eigenvalue weighted by molar-refractivity contribution is -0.136. The van der Waals surface area contributed by atoms with E-state index in [-0.39, 0.29) is 23.6 Å². The highest BCUT2D eigenvalue weighted by atomic mass is 19.4. The number of carbonyl (C=O) groups excluding carboxylic acids is 1. The first-order valence-electron chi connectivity index (χ1n) is 8.25. The minimum Gasteiger partial charge on any atom is -0.366 e. The predicted octanol–water partition coefficient (Wildman–Crippen LogP) is 5.10. The molecule has 0 saturated carbocycles. The van der Waals surface area contributed by atoms with Gasteiger partial charge in [0, 0.05) is 18.3 Å². The molecule has 8 heteroatoms. The summed E-state index contributed by atoms with van der Waals surface area (Å²) in [5.41, 5.74) is -0.718. The van der Waals surface area contributed by atoms with Crippen LogP contribution in [0.4, 0.5) is 29.1 Å². The highest BCUT2D eigenvalue weighted by Crippen LogP contribution is 2.34. The third kappa shape index (κ3) is 4.64. The Kier molecular flexibility index (Phi) is 5.58. The number of aromatic nitrogens is 1. The second-order valence-corrected chi connectivity index (χ2v) is 5.87. The van der Waals surface area contributed by atoms with Crippen LogP contribution >= 0.6 is 0 Å². The van der Waals surface area contributed by atoms with Gasteiger partial charge in [-0.15, -0.1) is 0 Å². The van der Waals surface area contributed by atoms with Gasteiger partial charge in [0.2, 0.25) is 0 Å². The normalized spacial score (nSPS) is 11.1. The second kappa shape index (κ2) is 8.08. The van der Waals surface area contributed by atoms with Crippen LogP contribution in [0.3, 0.4) is 0 Å². The molecule has 0 aliphatic rings. The number of benzene rings is 2. The quantitative estimate of drug-likeness (QED) is 0.597. The molecular formula is C20H15F4N3O. The van der Waals surface area contributed by atoms with Gasteiger partial charge in [-0.05, 0) is 30.3 Å². The van der Waals surface area contributed by atoms with Gasteiger partial charge in [-0.2, -0.15) is 13.2 Å². The van der Waals surface area contributed by atoms with Crippen molar-refractivity contribution in [2.45, 2.75) is 12.7 Å². The average molecular weight is 389 g/mol. The Hall–Kier alpha value is -3.42. The number of halogens is 4. The Morgan fingerprint density at radius 3 is 2.36 bits per heavy atom. The molecule has 0 spiro atoms. The molecule has 28 heavy (non-hydrogen) atoms. The number of alkyl halides is 3. The van der Waals surface area contributed by atoms with E-state index in [2.05, 4.69) is 15.6 Å². The third-order valence-corrected chi connectivity index (χ3v) is 3.92. The summed E-state index contributed by atoms with van der Waals surface area (Å²) in [6.07, 6.45) is -3.35. The molecule has 1 aromatic heterocycles. The molecule has 3 aromatic rings. The third-order valence-electron chi connectivity index (χ3n) is 3.92. The van der Waals surface area contributed by atoms with Gasteiger partial charge in [-0.1, -0.05) is 30.3 Å². The summed E-state index contributed by atoms with van der Waals surface area (Å²) in [5.74, 6) is -0.672. The van der Waals surface area contributed by atoms with Crippen LogP contribution in [0.2, 0.25) is 0 Å². The summed E-state index contributed by atoms with van der Waals surface area (Å²) in [6.45, 7) is 0.199. The van der Waals surface area contributed by atoms with Crippen LogP contribution < -0.4 is 10.6 Å². The number of amides is 1. The largest absolute Gasteiger partial charge is 0.418 e. The van der Waals surface area contributed by atoms with Gasteiger partial charge in [0.15, 0.2) is 0 Å². The Balaban J connectivity index is 1.67. The van der Waals surface area contributed by atoms with E-state index >= 15 is 0 Å². The van der Waals surface area contributed by atoms with E-state index in [1.54, 1.807) is 18.2 Å². The number of hydrogen-bond acceptors (Lipinski definition) is 3. The van der Waals surface area contributed by atoms with E-state index in [1.165, 1.54) is 42.6 Å². The van der Waals surface area contributed by atoms with E-state index < -0.39 is 17.6 Å². The highest BCUT2D eigenvalue weighted by Gasteiger charge is 2.33. The zero-order chi connectivity index (χ0) is 20.1. The minimum atomic E-state index is -4.58. The molecule has 0 aliphatic carbocycles. The van der Waals surface area contributed by atoms with Crippen molar-refractivity contribution in [1.82, 2.24) is 4.98 Å². The van der Waals surface area contributed by atoms with Gasteiger partial charge in [0.25, 0.3) is 5.91 Å². The lowest BCUT2D eigenvalue weighted by Crippen LogP contribution is -2.17. The molecule has 0 fully saturated rings. The SMILES string of the molecule is O=C(Nc1ccccc1C(F)(F)F)c1ccc(NCc2ccccc2F)nc1. The summed E-state index contributed by atoms with van der Waals surface area (Å²) < 4.78 is 52.6. The molecule has 0 aliphatic heterocycles. The molecule has 0 bridgehead atoms. The van der Waals surface area contributed by atoms with Gasteiger partial charge in [-0.25, -0.2) is 9.37 Å². The maximum Gasteiger partial charge on any atom is 0.418 e. The van der Waals surface area contributed by atoms with Crippen LogP contribution in [-0.4, -0.2) is 10.9 Å². The van der Waals surface area contributed by atoms with E-state index in [0.29, 0.717) is 11.4 Å². The first-order chi connectivity index (χ1) is 13.3. The van der Waals surface area contributed by atoms with Crippen LogP contribution in [-0.2, 0) is 12.7 Å². The van der Waals surface area contributed by atoms with Crippen molar-refractivity contribution in [1.29, 1.82) is 0 Å². The fourth-order valence-electron chi connectivity index (χ4n) is 2.49. The Morgan fingerprint density at radius 2 is 1.68 bits per heavy atom. The van der Waals surface area contributed by atoms with Crippen molar-refractivity contribution in [3.63, 3.8) is 0 Å². The van der Waals surface area contributed by atoms with Crippen LogP contribution in [0, 0.1) is 5.82 Å². The molecule has 0 radical (unpaired) electrons. The molecule has 2 N–H and O–H groups in total. The maximum atomic E-state index is 13.6. The van der Waals surface area contributed by atoms with Crippen LogP contribution in [0.1, 0.15) is 21.5 Å². The summed E-state index contributed by atoms with van der Waals surface area (Å²) in [6, 6.07) is 13.9. The molecule has 0 atom stereocenters. The number of anilines is 2. The molecule has 3 rings (SSSR count). The Morgan fingerprint density at radius 1 is 0.964 bits per heavy atom. The molecule has 0 saturated heterocycles. The van der Waals surface area contributed by atoms with Gasteiger partial charge in [-0.3, -0.25) is 4.79 Å². The molecular weight excluding hydrogens is 374 g/mol. The van der Waals surface area contributed by atoms with E-state index in [4.69, 9.17) is 0 Å². The van der Waals surface area contributed by atoms with Gasteiger partial charge in [0.1, 0.15) is 11.6 Å². The zero-order valence-corrected chi connectivity index (χ0v) is 14.4. The maximum absolute atomic E-state index is 13.6. The number of hydrogen-bond donors (Lipinski definition) is 2. The van der Waals surface area contributed by atoms with Crippen LogP contribution in [0.25, 0.3) is 0 Å². The monoisotopic (exact) mass is 389 g/mol. The van der Waals surface area contributed by atoms with Gasteiger partial charge >= 0.3 is 6.18 Å². The van der Waals surface area contributed by atoms with E-state index in [1.807, 2.05) is 0 Å². The molecule has 2 aromatic carbocycles. The van der Waals surface area contributed by atoms with Crippen molar-refractivity contribution >= 4 is 17.4 Å². The van der Waals surface area contributed by atoms with E-state index in [9.17, 15) is 22.4 Å². The summed E-state index contributed by atoms with van der Waals surface area (Å²) >= 11 is 0. The highest BCUT2D eigenvalue weighted by molar-refractivity contribution is 6.04. The van der Waals surface area contributed by atoms with Crippen LogP contribution in [0.5, 0.6) is 0 Å². The first-order valence-corrected chi connectivity index (χ1v) is 8.25. The lowest BCUT2D eigenvalue weighted by Gasteiger charge is -2.13. The number of rotatable bonds is 5. The molecule has 0 unspecified atom stereocenters. The van der Waals surface area contributed by atoms with Gasteiger partial charge in [0.05, 0.1) is 16.8 Å². The van der Waals surface area contributed by atoms with Crippen molar-refractivity contribution in [3.05, 3.63) is 89.4 Å². The first kappa shape index (κ1) is 19.3. The Bertz CT molecular complexity index is 972. The van der Waals surface area contributed by atoms with Crippen LogP contribution in [0.15, 0.2) is 66.9 Å². The molecule has 4 nitrogen and oxygen atoms in total. The molecule has 144 valence electrons. The molecule has 1 amide bonds. The summed E-state index contributed by atoms with van der Waals surface area (Å²) in [4.78, 5) is 16.3. The average Bonchev–Trinajstić information content (AvgIpc) is 2.67. The van der Waals surface area contributed by atoms with Crippen molar-refractivity contribution < 1.29 is 22.4 Å². The fraction of sp³-hybridized carbons (Fsp3) is 0.100. The molecule has 1 heterocycles. The predicted molar refractivity (Wildman–Crippen MR) is 97.4 cm³/mol. The number of carbonyl (C=O) groups is 1. The Labute approximate surface area is 158 Å². The number of nitrogens with one attached hydrogen (secondary N) is 2. The minimum absolute atomic E-state index is 0.0911. The number of pyridine rings is 1. The number of para-hydroxylation sites is 1. The zero-order valence-electron chi connectivity index (χ0n) is 14.4. The van der Waals surface area contributed by atoms with Crippen molar-refractivity contribution in [2.75, 3.05) is 10.6 Å². The fourth-order valence-corrected chi connectivity index (χ4v) is 2.49. The smallest absolute Gasteiger partial charge is 0.366 e. The lowest BCUT2D eigenvalue weighted by atomic mass is 10.1. The summed E-state index contributed by atoms with van der Waals surface area (Å²) in [7, 11) is 0. The number of nitrogens with zero attached hydrogens (tertiary/aromatic N) is 1. The van der Waals surface area contributed by atoms with Crippen molar-refractivity contribution in [2.24, 2.45) is 0 Å². The van der Waals surface area contributed by atoms with Crippen molar-refractivity contribution in [3.8, 4) is 0 Å². The topological polar surface area (TPSA) is 54.0 Å². The summed E-state index contributed by atoms with van der Waals surface area (Å²) in [5, 5.41) is 5.16. The standard InChI is InChI=1S/C20H15F4N3O/c21-16-7-3-1-5-13(16)11-25-18-10-9-14(12-26-18)19(28)27-17-8-4-2-6-15(17)20(22,23)24/h1-10,12H,11H2,(H,25,26)(H,27,28). The van der Waals surface area contributed by atoms with E-state index in [0.717, 1.165) is 6.07 Å². The van der Waals surface area contributed by atoms with Gasteiger partial charge < -0.3 is 10.6 Å². The second-order valence-electron chi connectivity index (χ2n) is 5.87.